The number of nitro benzene ring substituents is 1. The molecular formula is C17H18N4O4S. The molecule has 0 atom stereocenters. The third kappa shape index (κ3) is 4.90. The number of methoxy groups -OCH3 is 2. The fourth-order valence-electron chi connectivity index (χ4n) is 2.10. The van der Waals surface area contributed by atoms with E-state index in [0.29, 0.717) is 5.75 Å². The molecule has 0 aliphatic carbocycles. The van der Waals surface area contributed by atoms with Crippen molar-refractivity contribution in [3.63, 3.8) is 0 Å². The molecule has 2 rings (SSSR count). The monoisotopic (exact) mass is 374 g/mol. The second-order valence-electron chi connectivity index (χ2n) is 5.21. The predicted molar refractivity (Wildman–Crippen MR) is 104 cm³/mol. The SMILES string of the molecule is COc1cc(C=NNC(=S)Nc2ccc(C)cc2)c([N+](=O)[O-])cc1OC. The minimum absolute atomic E-state index is 0.161. The molecule has 0 bridgehead atoms. The number of nitrogens with zero attached hydrogens (tertiary/aromatic N) is 2. The molecule has 0 spiro atoms. The first-order valence-corrected chi connectivity index (χ1v) is 7.92. The molecule has 136 valence electrons. The van der Waals surface area contributed by atoms with Gasteiger partial charge in [0.25, 0.3) is 5.69 Å². The molecule has 0 fully saturated rings. The summed E-state index contributed by atoms with van der Waals surface area (Å²) in [4.78, 5) is 10.7. The third-order valence-electron chi connectivity index (χ3n) is 3.41. The van der Waals surface area contributed by atoms with Crippen LogP contribution in [0.1, 0.15) is 11.1 Å². The second-order valence-corrected chi connectivity index (χ2v) is 5.62. The van der Waals surface area contributed by atoms with Crippen molar-refractivity contribution >= 4 is 34.9 Å². The predicted octanol–water partition coefficient (Wildman–Crippen LogP) is 3.24. The molecule has 2 aromatic rings. The van der Waals surface area contributed by atoms with Crippen LogP contribution in [-0.2, 0) is 0 Å². The number of rotatable bonds is 6. The second kappa shape index (κ2) is 8.77. The van der Waals surface area contributed by atoms with Crippen LogP contribution < -0.4 is 20.2 Å². The average molecular weight is 374 g/mol. The molecule has 0 aliphatic heterocycles. The minimum atomic E-state index is -0.522. The lowest BCUT2D eigenvalue weighted by atomic mass is 10.1. The summed E-state index contributed by atoms with van der Waals surface area (Å²) < 4.78 is 10.2. The van der Waals surface area contributed by atoms with Gasteiger partial charge in [0.1, 0.15) is 0 Å². The lowest BCUT2D eigenvalue weighted by Gasteiger charge is -2.09. The fourth-order valence-corrected chi connectivity index (χ4v) is 2.27. The van der Waals surface area contributed by atoms with Crippen LogP contribution in [0.4, 0.5) is 11.4 Å². The Morgan fingerprint density at radius 3 is 2.38 bits per heavy atom. The number of nitro groups is 1. The molecular weight excluding hydrogens is 356 g/mol. The minimum Gasteiger partial charge on any atom is -0.493 e. The summed E-state index contributed by atoms with van der Waals surface area (Å²) >= 11 is 5.14. The van der Waals surface area contributed by atoms with Gasteiger partial charge >= 0.3 is 0 Å². The standard InChI is InChI=1S/C17H18N4O4S/c1-11-4-6-13(7-5-11)19-17(26)20-18-10-12-8-15(24-2)16(25-3)9-14(12)21(22)23/h4-10H,1-3H3,(H2,19,20,26). The van der Waals surface area contributed by atoms with Gasteiger partial charge < -0.3 is 14.8 Å². The number of hydrazone groups is 1. The van der Waals surface area contributed by atoms with Gasteiger partial charge in [-0.3, -0.25) is 15.5 Å². The van der Waals surface area contributed by atoms with Gasteiger partial charge in [0.05, 0.1) is 37.0 Å². The zero-order valence-electron chi connectivity index (χ0n) is 14.5. The molecule has 2 N–H and O–H groups in total. The van der Waals surface area contributed by atoms with Gasteiger partial charge in [-0.05, 0) is 37.3 Å². The van der Waals surface area contributed by atoms with Gasteiger partial charge in [-0.25, -0.2) is 0 Å². The van der Waals surface area contributed by atoms with E-state index in [1.54, 1.807) is 0 Å². The molecule has 0 aliphatic rings. The van der Waals surface area contributed by atoms with Gasteiger partial charge in [0.2, 0.25) is 0 Å². The van der Waals surface area contributed by atoms with Crippen LogP contribution in [0.25, 0.3) is 0 Å². The number of thiocarbonyl (C=S) groups is 1. The van der Waals surface area contributed by atoms with Crippen molar-refractivity contribution in [1.29, 1.82) is 0 Å². The molecule has 0 saturated heterocycles. The van der Waals surface area contributed by atoms with Crippen LogP contribution in [0.3, 0.4) is 0 Å². The van der Waals surface area contributed by atoms with Crippen LogP contribution in [0.5, 0.6) is 11.5 Å². The highest BCUT2D eigenvalue weighted by Crippen LogP contribution is 2.33. The Morgan fingerprint density at radius 2 is 1.81 bits per heavy atom. The Labute approximate surface area is 156 Å². The zero-order chi connectivity index (χ0) is 19.1. The molecule has 0 unspecified atom stereocenters. The maximum Gasteiger partial charge on any atom is 0.282 e. The lowest BCUT2D eigenvalue weighted by Crippen LogP contribution is -2.23. The van der Waals surface area contributed by atoms with Gasteiger partial charge in [-0.15, -0.1) is 0 Å². The Kier molecular flexibility index (Phi) is 6.45. The first kappa shape index (κ1) is 19.1. The molecule has 8 nitrogen and oxygen atoms in total. The summed E-state index contributed by atoms with van der Waals surface area (Å²) in [5.41, 5.74) is 4.65. The van der Waals surface area contributed by atoms with E-state index < -0.39 is 4.92 Å². The van der Waals surface area contributed by atoms with Crippen LogP contribution in [-0.4, -0.2) is 30.5 Å². The number of hydrogen-bond donors (Lipinski definition) is 2. The van der Waals surface area contributed by atoms with Gasteiger partial charge in [-0.1, -0.05) is 17.7 Å². The molecule has 0 amide bonds. The van der Waals surface area contributed by atoms with Crippen LogP contribution in [0, 0.1) is 17.0 Å². The van der Waals surface area contributed by atoms with Gasteiger partial charge in [-0.2, -0.15) is 5.10 Å². The average Bonchev–Trinajstić information content (AvgIpc) is 2.62. The van der Waals surface area contributed by atoms with E-state index in [1.165, 1.54) is 32.6 Å². The number of ether oxygens (including phenoxy) is 2. The fraction of sp³-hybridized carbons (Fsp3) is 0.176. The van der Waals surface area contributed by atoms with E-state index in [0.717, 1.165) is 11.3 Å². The topological polar surface area (TPSA) is 98.0 Å². The molecule has 2 aromatic carbocycles. The van der Waals surface area contributed by atoms with Gasteiger partial charge in [0.15, 0.2) is 16.6 Å². The maximum atomic E-state index is 11.2. The molecule has 26 heavy (non-hydrogen) atoms. The first-order valence-electron chi connectivity index (χ1n) is 7.51. The number of hydrogen-bond acceptors (Lipinski definition) is 6. The molecule has 0 heterocycles. The van der Waals surface area contributed by atoms with Crippen molar-refractivity contribution in [3.05, 3.63) is 57.6 Å². The van der Waals surface area contributed by atoms with Crippen molar-refractivity contribution in [2.75, 3.05) is 19.5 Å². The Bertz CT molecular complexity index is 837. The lowest BCUT2D eigenvalue weighted by molar-refractivity contribution is -0.385. The summed E-state index contributed by atoms with van der Waals surface area (Å²) in [6, 6.07) is 10.4. The van der Waals surface area contributed by atoms with Crippen LogP contribution >= 0.6 is 12.2 Å². The summed E-state index contributed by atoms with van der Waals surface area (Å²) in [6.07, 6.45) is 1.29. The Balaban J connectivity index is 2.12. The van der Waals surface area contributed by atoms with Crippen molar-refractivity contribution < 1.29 is 14.4 Å². The van der Waals surface area contributed by atoms with E-state index in [4.69, 9.17) is 21.7 Å². The van der Waals surface area contributed by atoms with Crippen molar-refractivity contribution in [2.45, 2.75) is 6.92 Å². The Morgan fingerprint density at radius 1 is 1.19 bits per heavy atom. The largest absolute Gasteiger partial charge is 0.493 e. The Hall–Kier alpha value is -3.20. The van der Waals surface area contributed by atoms with E-state index in [2.05, 4.69) is 15.8 Å². The maximum absolute atomic E-state index is 11.2. The van der Waals surface area contributed by atoms with E-state index in [-0.39, 0.29) is 22.1 Å². The quantitative estimate of drug-likeness (QED) is 0.347. The van der Waals surface area contributed by atoms with Crippen molar-refractivity contribution in [3.8, 4) is 11.5 Å². The van der Waals surface area contributed by atoms with E-state index >= 15 is 0 Å². The van der Waals surface area contributed by atoms with E-state index in [9.17, 15) is 10.1 Å². The molecule has 0 aromatic heterocycles. The molecule has 0 radical (unpaired) electrons. The highest BCUT2D eigenvalue weighted by atomic mass is 32.1. The van der Waals surface area contributed by atoms with Crippen molar-refractivity contribution in [2.24, 2.45) is 5.10 Å². The molecule has 9 heteroatoms. The summed E-state index contributed by atoms with van der Waals surface area (Å²) in [5.74, 6) is 0.626. The van der Waals surface area contributed by atoms with E-state index in [1.807, 2.05) is 31.2 Å². The smallest absolute Gasteiger partial charge is 0.282 e. The zero-order valence-corrected chi connectivity index (χ0v) is 15.3. The van der Waals surface area contributed by atoms with Crippen LogP contribution in [0.2, 0.25) is 0 Å². The summed E-state index contributed by atoms with van der Waals surface area (Å²) in [6.45, 7) is 1.99. The van der Waals surface area contributed by atoms with Crippen LogP contribution in [0.15, 0.2) is 41.5 Å². The highest BCUT2D eigenvalue weighted by Gasteiger charge is 2.18. The van der Waals surface area contributed by atoms with Gasteiger partial charge in [0, 0.05) is 5.69 Å². The number of aryl methyl sites for hydroxylation is 1. The van der Waals surface area contributed by atoms with Crippen molar-refractivity contribution in [1.82, 2.24) is 5.43 Å². The summed E-state index contributed by atoms with van der Waals surface area (Å²) in [7, 11) is 2.86. The highest BCUT2D eigenvalue weighted by molar-refractivity contribution is 7.80. The third-order valence-corrected chi connectivity index (χ3v) is 3.60. The normalized spacial score (nSPS) is 10.4. The molecule has 0 saturated carbocycles. The number of benzene rings is 2. The number of nitrogens with one attached hydrogen (secondary N) is 2. The summed E-state index contributed by atoms with van der Waals surface area (Å²) in [5, 5.41) is 18.4. The number of anilines is 1. The first-order chi connectivity index (χ1) is 12.4.